The van der Waals surface area contributed by atoms with Crippen LogP contribution in [0.2, 0.25) is 0 Å². The van der Waals surface area contributed by atoms with Gasteiger partial charge in [0.15, 0.2) is 0 Å². The largest absolute Gasteiger partial charge is 0.495 e. The zero-order valence-corrected chi connectivity index (χ0v) is 8.18. The molecule has 1 N–H and O–H groups in total. The molecule has 0 aliphatic carbocycles. The number of hydrogen-bond acceptors (Lipinski definition) is 2. The van der Waals surface area contributed by atoms with E-state index in [2.05, 4.69) is 5.32 Å². The van der Waals surface area contributed by atoms with Gasteiger partial charge in [-0.25, -0.2) is 0 Å². The van der Waals surface area contributed by atoms with Gasteiger partial charge in [0.2, 0.25) is 0 Å². The Labute approximate surface area is 81.7 Å². The minimum atomic E-state index is -0.621. The quantitative estimate of drug-likeness (QED) is 0.588. The maximum absolute atomic E-state index is 10.6. The number of benzene rings is 1. The summed E-state index contributed by atoms with van der Waals surface area (Å²) in [6.45, 7) is 1.92. The molecule has 70 valence electrons. The molecule has 0 aliphatic heterocycles. The van der Waals surface area contributed by atoms with Crippen LogP contribution >= 0.6 is 11.6 Å². The van der Waals surface area contributed by atoms with Crippen molar-refractivity contribution in [3.05, 3.63) is 23.8 Å². The first-order valence-electron chi connectivity index (χ1n) is 3.74. The van der Waals surface area contributed by atoms with Crippen LogP contribution in [0.25, 0.3) is 0 Å². The second-order valence-corrected chi connectivity index (χ2v) is 2.95. The van der Waals surface area contributed by atoms with Crippen LogP contribution in [-0.2, 0) is 0 Å². The Hall–Kier alpha value is -1.22. The highest BCUT2D eigenvalue weighted by atomic mass is 35.5. The Balaban J connectivity index is 3.01. The summed E-state index contributed by atoms with van der Waals surface area (Å²) in [7, 11) is 1.54. The van der Waals surface area contributed by atoms with Gasteiger partial charge in [-0.15, -0.1) is 0 Å². The van der Waals surface area contributed by atoms with E-state index in [1.54, 1.807) is 12.1 Å². The molecule has 0 heterocycles. The Morgan fingerprint density at radius 3 is 2.77 bits per heavy atom. The van der Waals surface area contributed by atoms with E-state index in [-0.39, 0.29) is 0 Å². The monoisotopic (exact) mass is 199 g/mol. The van der Waals surface area contributed by atoms with Gasteiger partial charge in [0, 0.05) is 0 Å². The van der Waals surface area contributed by atoms with E-state index in [1.165, 1.54) is 7.11 Å². The van der Waals surface area contributed by atoms with Gasteiger partial charge < -0.3 is 10.1 Å². The molecule has 0 atom stereocenters. The fourth-order valence-corrected chi connectivity index (χ4v) is 1.13. The Morgan fingerprint density at radius 2 is 2.23 bits per heavy atom. The summed E-state index contributed by atoms with van der Waals surface area (Å²) in [4.78, 5) is 10.6. The van der Waals surface area contributed by atoms with Gasteiger partial charge in [-0.2, -0.15) is 0 Å². The van der Waals surface area contributed by atoms with Crippen LogP contribution < -0.4 is 10.1 Å². The van der Waals surface area contributed by atoms with Gasteiger partial charge in [0.1, 0.15) is 5.75 Å². The second-order valence-electron chi connectivity index (χ2n) is 2.60. The van der Waals surface area contributed by atoms with E-state index < -0.39 is 5.37 Å². The minimum Gasteiger partial charge on any atom is -0.495 e. The van der Waals surface area contributed by atoms with Gasteiger partial charge in [0.05, 0.1) is 12.8 Å². The van der Waals surface area contributed by atoms with Crippen molar-refractivity contribution in [2.24, 2.45) is 0 Å². The van der Waals surface area contributed by atoms with E-state index in [0.29, 0.717) is 11.4 Å². The summed E-state index contributed by atoms with van der Waals surface area (Å²) < 4.78 is 5.03. The van der Waals surface area contributed by atoms with Crippen molar-refractivity contribution in [3.63, 3.8) is 0 Å². The maximum atomic E-state index is 10.6. The van der Waals surface area contributed by atoms with Crippen molar-refractivity contribution in [1.82, 2.24) is 0 Å². The summed E-state index contributed by atoms with van der Waals surface area (Å²) in [6.07, 6.45) is 0. The number of carbonyl (C=O) groups is 1. The number of aryl methyl sites for hydroxylation is 1. The summed E-state index contributed by atoms with van der Waals surface area (Å²) in [5, 5.41) is 1.85. The van der Waals surface area contributed by atoms with Crippen molar-refractivity contribution in [2.45, 2.75) is 6.92 Å². The molecule has 0 saturated heterocycles. The molecule has 1 rings (SSSR count). The summed E-state index contributed by atoms with van der Waals surface area (Å²) in [5.41, 5.74) is 1.61. The van der Waals surface area contributed by atoms with E-state index >= 15 is 0 Å². The highest BCUT2D eigenvalue weighted by molar-refractivity contribution is 6.65. The van der Waals surface area contributed by atoms with Gasteiger partial charge in [0.25, 0.3) is 0 Å². The van der Waals surface area contributed by atoms with E-state index in [9.17, 15) is 4.79 Å². The van der Waals surface area contributed by atoms with Crippen LogP contribution in [0.5, 0.6) is 5.75 Å². The van der Waals surface area contributed by atoms with Crippen LogP contribution in [0.1, 0.15) is 5.56 Å². The first-order valence-corrected chi connectivity index (χ1v) is 4.12. The Kier molecular flexibility index (Phi) is 3.14. The predicted octanol–water partition coefficient (Wildman–Crippen LogP) is 2.77. The van der Waals surface area contributed by atoms with Gasteiger partial charge in [-0.3, -0.25) is 4.79 Å². The molecule has 0 aliphatic rings. The molecular weight excluding hydrogens is 190 g/mol. The van der Waals surface area contributed by atoms with Crippen molar-refractivity contribution in [3.8, 4) is 5.75 Å². The number of carbonyl (C=O) groups excluding carboxylic acids is 1. The van der Waals surface area contributed by atoms with Crippen LogP contribution in [0.15, 0.2) is 18.2 Å². The first-order chi connectivity index (χ1) is 6.13. The van der Waals surface area contributed by atoms with Gasteiger partial charge in [-0.05, 0) is 36.2 Å². The SMILES string of the molecule is COc1ccc(C)cc1NC(=O)Cl. The lowest BCUT2D eigenvalue weighted by Crippen LogP contribution is -2.03. The zero-order chi connectivity index (χ0) is 9.84. The van der Waals surface area contributed by atoms with E-state index in [4.69, 9.17) is 16.3 Å². The molecule has 0 spiro atoms. The van der Waals surface area contributed by atoms with Gasteiger partial charge in [-0.1, -0.05) is 6.07 Å². The molecule has 3 nitrogen and oxygen atoms in total. The lowest BCUT2D eigenvalue weighted by atomic mass is 10.2. The normalized spacial score (nSPS) is 9.46. The number of rotatable bonds is 2. The van der Waals surface area contributed by atoms with Crippen molar-refractivity contribution in [2.75, 3.05) is 12.4 Å². The van der Waals surface area contributed by atoms with E-state index in [0.717, 1.165) is 5.56 Å². The topological polar surface area (TPSA) is 38.3 Å². The average Bonchev–Trinajstić information content (AvgIpc) is 2.03. The summed E-state index contributed by atoms with van der Waals surface area (Å²) in [6, 6.07) is 5.46. The predicted molar refractivity (Wildman–Crippen MR) is 52.6 cm³/mol. The second kappa shape index (κ2) is 4.14. The van der Waals surface area contributed by atoms with Crippen molar-refractivity contribution >= 4 is 22.7 Å². The molecule has 0 saturated carbocycles. The third kappa shape index (κ3) is 2.63. The third-order valence-corrected chi connectivity index (χ3v) is 1.68. The zero-order valence-electron chi connectivity index (χ0n) is 7.43. The fraction of sp³-hybridized carbons (Fsp3) is 0.222. The van der Waals surface area contributed by atoms with Crippen molar-refractivity contribution < 1.29 is 9.53 Å². The molecule has 0 radical (unpaired) electrons. The Bertz CT molecular complexity index is 325. The molecule has 1 amide bonds. The lowest BCUT2D eigenvalue weighted by molar-refractivity contribution is 0.269. The van der Waals surface area contributed by atoms with Crippen molar-refractivity contribution in [1.29, 1.82) is 0 Å². The van der Waals surface area contributed by atoms with Crippen LogP contribution in [0.4, 0.5) is 10.5 Å². The molecule has 13 heavy (non-hydrogen) atoms. The van der Waals surface area contributed by atoms with Crippen LogP contribution in [0, 0.1) is 6.92 Å². The maximum Gasteiger partial charge on any atom is 0.318 e. The number of anilines is 1. The molecule has 1 aromatic rings. The number of hydrogen-bond donors (Lipinski definition) is 1. The average molecular weight is 200 g/mol. The number of methoxy groups -OCH3 is 1. The summed E-state index contributed by atoms with van der Waals surface area (Å²) in [5.74, 6) is 0.597. The molecule has 0 bridgehead atoms. The number of ether oxygens (including phenoxy) is 1. The summed E-state index contributed by atoms with van der Waals surface area (Å²) >= 11 is 5.19. The van der Waals surface area contributed by atoms with Gasteiger partial charge >= 0.3 is 5.37 Å². The molecule has 0 fully saturated rings. The molecule has 4 heteroatoms. The van der Waals surface area contributed by atoms with Crippen LogP contribution in [-0.4, -0.2) is 12.5 Å². The number of amides is 1. The molecule has 0 unspecified atom stereocenters. The first kappa shape index (κ1) is 9.86. The smallest absolute Gasteiger partial charge is 0.318 e. The highest BCUT2D eigenvalue weighted by Crippen LogP contribution is 2.25. The van der Waals surface area contributed by atoms with Crippen LogP contribution in [0.3, 0.4) is 0 Å². The lowest BCUT2D eigenvalue weighted by Gasteiger charge is -2.08. The Morgan fingerprint density at radius 1 is 1.54 bits per heavy atom. The highest BCUT2D eigenvalue weighted by Gasteiger charge is 2.04. The number of halogens is 1. The third-order valence-electron chi connectivity index (χ3n) is 1.59. The van der Waals surface area contributed by atoms with E-state index in [1.807, 2.05) is 13.0 Å². The minimum absolute atomic E-state index is 0.586. The number of nitrogens with one attached hydrogen (secondary N) is 1. The molecule has 1 aromatic carbocycles. The molecule has 0 aromatic heterocycles. The molecular formula is C9H10ClNO2. The standard InChI is InChI=1S/C9H10ClNO2/c1-6-3-4-8(13-2)7(5-6)11-9(10)12/h3-5H,1-2H3,(H,11,12). The fourth-order valence-electron chi connectivity index (χ4n) is 1.03.